The molecule has 18 heavy (non-hydrogen) atoms. The Morgan fingerprint density at radius 1 is 1.22 bits per heavy atom. The van der Waals surface area contributed by atoms with E-state index in [2.05, 4.69) is 6.92 Å². The van der Waals surface area contributed by atoms with Crippen LogP contribution in [0.3, 0.4) is 0 Å². The molecule has 2 N–H and O–H groups in total. The summed E-state index contributed by atoms with van der Waals surface area (Å²) in [5, 5.41) is 0. The van der Waals surface area contributed by atoms with Crippen LogP contribution in [0.2, 0.25) is 0 Å². The maximum Gasteiger partial charge on any atom is 0.313 e. The molecule has 0 amide bonds. The predicted octanol–water partition coefficient (Wildman–Crippen LogP) is 3.02. The van der Waals surface area contributed by atoms with Gasteiger partial charge in [-0.15, -0.1) is 0 Å². The lowest BCUT2D eigenvalue weighted by Gasteiger charge is -2.38. The third-order valence-corrected chi connectivity index (χ3v) is 4.91. The summed E-state index contributed by atoms with van der Waals surface area (Å²) >= 11 is 0. The number of rotatable bonds is 2. The fraction of sp³-hybridized carbons (Fsp3) is 0.933. The topological polar surface area (TPSA) is 52.3 Å². The highest BCUT2D eigenvalue weighted by atomic mass is 16.5. The maximum absolute atomic E-state index is 12.4. The molecule has 0 heterocycles. The van der Waals surface area contributed by atoms with E-state index in [-0.39, 0.29) is 18.1 Å². The lowest BCUT2D eigenvalue weighted by Crippen LogP contribution is -2.49. The Hall–Kier alpha value is -0.570. The monoisotopic (exact) mass is 253 g/mol. The van der Waals surface area contributed by atoms with Crippen molar-refractivity contribution >= 4 is 5.97 Å². The summed E-state index contributed by atoms with van der Waals surface area (Å²) in [6.45, 7) is 4.24. The van der Waals surface area contributed by atoms with Crippen molar-refractivity contribution in [3.63, 3.8) is 0 Å². The third kappa shape index (κ3) is 2.87. The van der Waals surface area contributed by atoms with E-state index >= 15 is 0 Å². The first-order chi connectivity index (χ1) is 8.52. The molecule has 0 saturated heterocycles. The van der Waals surface area contributed by atoms with Gasteiger partial charge in [-0.05, 0) is 44.9 Å². The minimum absolute atomic E-state index is 0.0280. The van der Waals surface area contributed by atoms with Gasteiger partial charge in [-0.1, -0.05) is 26.2 Å². The van der Waals surface area contributed by atoms with Crippen LogP contribution in [0, 0.1) is 11.3 Å². The molecule has 104 valence electrons. The van der Waals surface area contributed by atoms with Gasteiger partial charge in [-0.2, -0.15) is 0 Å². The van der Waals surface area contributed by atoms with Gasteiger partial charge >= 0.3 is 5.97 Å². The first-order valence-electron chi connectivity index (χ1n) is 7.49. The summed E-state index contributed by atoms with van der Waals surface area (Å²) in [6.07, 6.45) is 8.71. The highest BCUT2D eigenvalue weighted by Gasteiger charge is 2.43. The minimum atomic E-state index is -0.446. The molecular formula is C15H27NO2. The zero-order chi connectivity index (χ0) is 13.2. The van der Waals surface area contributed by atoms with Gasteiger partial charge in [0.15, 0.2) is 0 Å². The van der Waals surface area contributed by atoms with Gasteiger partial charge in [-0.3, -0.25) is 4.79 Å². The number of nitrogens with two attached hydrogens (primary N) is 1. The molecule has 0 spiro atoms. The molecule has 0 aromatic heterocycles. The van der Waals surface area contributed by atoms with Crippen LogP contribution in [0.5, 0.6) is 0 Å². The lowest BCUT2D eigenvalue weighted by molar-refractivity contribution is -0.165. The van der Waals surface area contributed by atoms with Crippen molar-refractivity contribution in [2.45, 2.75) is 77.4 Å². The Bertz CT molecular complexity index is 305. The van der Waals surface area contributed by atoms with Crippen LogP contribution in [0.15, 0.2) is 0 Å². The molecule has 3 heteroatoms. The summed E-state index contributed by atoms with van der Waals surface area (Å²) in [4.78, 5) is 12.4. The molecule has 2 aliphatic carbocycles. The van der Waals surface area contributed by atoms with Gasteiger partial charge in [0.1, 0.15) is 6.10 Å². The Morgan fingerprint density at radius 2 is 2.00 bits per heavy atom. The van der Waals surface area contributed by atoms with Crippen LogP contribution in [0.1, 0.15) is 65.2 Å². The van der Waals surface area contributed by atoms with Crippen molar-refractivity contribution in [1.82, 2.24) is 0 Å². The van der Waals surface area contributed by atoms with E-state index in [1.54, 1.807) is 0 Å². The highest BCUT2D eigenvalue weighted by molar-refractivity contribution is 5.77. The van der Waals surface area contributed by atoms with E-state index in [1.165, 1.54) is 12.8 Å². The number of carbonyl (C=O) groups is 1. The van der Waals surface area contributed by atoms with Gasteiger partial charge in [0.05, 0.1) is 5.41 Å². The van der Waals surface area contributed by atoms with E-state index < -0.39 is 5.41 Å². The second-order valence-corrected chi connectivity index (χ2v) is 6.57. The second-order valence-electron chi connectivity index (χ2n) is 6.57. The number of ether oxygens (including phenoxy) is 1. The lowest BCUT2D eigenvalue weighted by atomic mass is 9.72. The molecule has 4 atom stereocenters. The zero-order valence-corrected chi connectivity index (χ0v) is 11.8. The SMILES string of the molecule is CC1CCCC(OC(=O)C2(C)CCCCC2N)C1. The molecule has 0 radical (unpaired) electrons. The van der Waals surface area contributed by atoms with E-state index in [0.29, 0.717) is 5.92 Å². The molecule has 2 rings (SSSR count). The van der Waals surface area contributed by atoms with E-state index in [1.807, 2.05) is 6.92 Å². The average molecular weight is 253 g/mol. The van der Waals surface area contributed by atoms with Crippen LogP contribution in [0.25, 0.3) is 0 Å². The summed E-state index contributed by atoms with van der Waals surface area (Å²) in [7, 11) is 0. The van der Waals surface area contributed by atoms with Gasteiger partial charge < -0.3 is 10.5 Å². The molecule has 2 fully saturated rings. The van der Waals surface area contributed by atoms with Crippen molar-refractivity contribution in [2.75, 3.05) is 0 Å². The number of hydrogen-bond acceptors (Lipinski definition) is 3. The Balaban J connectivity index is 1.93. The molecule has 2 aliphatic rings. The number of esters is 1. The largest absolute Gasteiger partial charge is 0.462 e. The molecule has 3 nitrogen and oxygen atoms in total. The van der Waals surface area contributed by atoms with Crippen LogP contribution >= 0.6 is 0 Å². The summed E-state index contributed by atoms with van der Waals surface area (Å²) in [5.41, 5.74) is 5.70. The third-order valence-electron chi connectivity index (χ3n) is 4.91. The molecule has 0 aliphatic heterocycles. The first-order valence-corrected chi connectivity index (χ1v) is 7.49. The molecule has 0 aromatic carbocycles. The molecule has 0 aromatic rings. The van der Waals surface area contributed by atoms with Crippen molar-refractivity contribution in [3.05, 3.63) is 0 Å². The van der Waals surface area contributed by atoms with Gasteiger partial charge in [0, 0.05) is 6.04 Å². The predicted molar refractivity (Wildman–Crippen MR) is 72.1 cm³/mol. The highest BCUT2D eigenvalue weighted by Crippen LogP contribution is 2.37. The zero-order valence-electron chi connectivity index (χ0n) is 11.8. The fourth-order valence-electron chi connectivity index (χ4n) is 3.39. The molecule has 4 unspecified atom stereocenters. The van der Waals surface area contributed by atoms with Crippen molar-refractivity contribution in [1.29, 1.82) is 0 Å². The van der Waals surface area contributed by atoms with E-state index in [4.69, 9.17) is 10.5 Å². The van der Waals surface area contributed by atoms with Crippen molar-refractivity contribution < 1.29 is 9.53 Å². The average Bonchev–Trinajstić information content (AvgIpc) is 2.33. The summed E-state index contributed by atoms with van der Waals surface area (Å²) in [5.74, 6) is 0.637. The smallest absolute Gasteiger partial charge is 0.313 e. The Morgan fingerprint density at radius 3 is 2.67 bits per heavy atom. The van der Waals surface area contributed by atoms with Gasteiger partial charge in [-0.25, -0.2) is 0 Å². The van der Waals surface area contributed by atoms with E-state index in [9.17, 15) is 4.79 Å². The Kier molecular flexibility index (Phi) is 4.31. The number of carbonyl (C=O) groups excluding carboxylic acids is 1. The van der Waals surface area contributed by atoms with E-state index in [0.717, 1.165) is 38.5 Å². The van der Waals surface area contributed by atoms with Crippen LogP contribution < -0.4 is 5.73 Å². The van der Waals surface area contributed by atoms with Crippen LogP contribution in [-0.4, -0.2) is 18.1 Å². The number of hydrogen-bond donors (Lipinski definition) is 1. The van der Waals surface area contributed by atoms with Crippen molar-refractivity contribution in [2.24, 2.45) is 17.1 Å². The summed E-state index contributed by atoms with van der Waals surface area (Å²) < 4.78 is 5.76. The van der Waals surface area contributed by atoms with Gasteiger partial charge in [0.2, 0.25) is 0 Å². The normalized spacial score (nSPS) is 41.4. The Labute approximate surface area is 110 Å². The van der Waals surface area contributed by atoms with Crippen LogP contribution in [0.4, 0.5) is 0 Å². The fourth-order valence-corrected chi connectivity index (χ4v) is 3.39. The minimum Gasteiger partial charge on any atom is -0.462 e. The molecule has 0 bridgehead atoms. The molecule has 2 saturated carbocycles. The standard InChI is InChI=1S/C15H27NO2/c1-11-6-5-7-12(10-11)18-14(17)15(2)9-4-3-8-13(15)16/h11-13H,3-10,16H2,1-2H3. The second kappa shape index (κ2) is 5.60. The molecular weight excluding hydrogens is 226 g/mol. The van der Waals surface area contributed by atoms with Crippen molar-refractivity contribution in [3.8, 4) is 0 Å². The summed E-state index contributed by atoms with van der Waals surface area (Å²) in [6, 6.07) is -0.0280. The quantitative estimate of drug-likeness (QED) is 0.770. The van der Waals surface area contributed by atoms with Crippen LogP contribution in [-0.2, 0) is 9.53 Å². The van der Waals surface area contributed by atoms with Gasteiger partial charge in [0.25, 0.3) is 0 Å². The first kappa shape index (κ1) is 13.9. The maximum atomic E-state index is 12.4.